The normalized spacial score (nSPS) is 25.7. The second-order valence-corrected chi connectivity index (χ2v) is 8.41. The third-order valence-corrected chi connectivity index (χ3v) is 6.39. The molecule has 2 fully saturated rings. The van der Waals surface area contributed by atoms with Gasteiger partial charge in [0.2, 0.25) is 0 Å². The molecule has 2 atom stereocenters. The number of nitrogens with zero attached hydrogens (tertiary/aromatic N) is 1. The van der Waals surface area contributed by atoms with Crippen molar-refractivity contribution < 1.29 is 19.4 Å². The van der Waals surface area contributed by atoms with Crippen LogP contribution in [0.4, 0.5) is 4.79 Å². The molecule has 2 unspecified atom stereocenters. The predicted molar refractivity (Wildman–Crippen MR) is 111 cm³/mol. The Balaban J connectivity index is 1.51. The molecule has 2 bridgehead atoms. The van der Waals surface area contributed by atoms with Gasteiger partial charge >= 0.3 is 6.09 Å². The molecule has 5 nitrogen and oxygen atoms in total. The first-order chi connectivity index (χ1) is 13.9. The molecular formula is C24H29NO4. The summed E-state index contributed by atoms with van der Waals surface area (Å²) < 4.78 is 11.0. The lowest BCUT2D eigenvalue weighted by Crippen LogP contribution is -2.52. The van der Waals surface area contributed by atoms with Crippen LogP contribution in [0.1, 0.15) is 47.9 Å². The fourth-order valence-electron chi connectivity index (χ4n) is 5.30. The van der Waals surface area contributed by atoms with Gasteiger partial charge in [-0.25, -0.2) is 4.79 Å². The van der Waals surface area contributed by atoms with Crippen LogP contribution < -0.4 is 4.74 Å². The Hall–Kier alpha value is -2.53. The van der Waals surface area contributed by atoms with Crippen molar-refractivity contribution in [2.45, 2.75) is 63.8 Å². The minimum atomic E-state index is -0.928. The highest BCUT2D eigenvalue weighted by molar-refractivity contribution is 5.69. The van der Waals surface area contributed by atoms with Crippen LogP contribution in [-0.4, -0.2) is 35.3 Å². The molecule has 1 amide bonds. The smallest absolute Gasteiger partial charge is 0.410 e. The Bertz CT molecular complexity index is 858. The minimum Gasteiger partial charge on any atom is -0.497 e. The van der Waals surface area contributed by atoms with Crippen molar-refractivity contribution >= 4 is 6.09 Å². The fraction of sp³-hybridized carbons (Fsp3) is 0.458. The summed E-state index contributed by atoms with van der Waals surface area (Å²) >= 11 is 0. The molecule has 154 valence electrons. The minimum absolute atomic E-state index is 0.00271. The van der Waals surface area contributed by atoms with Crippen molar-refractivity contribution in [3.8, 4) is 5.75 Å². The van der Waals surface area contributed by atoms with Gasteiger partial charge in [0.05, 0.1) is 12.7 Å². The Morgan fingerprint density at radius 3 is 2.24 bits per heavy atom. The number of carbonyl (C=O) groups is 1. The number of aliphatic hydroxyl groups is 1. The molecule has 4 rings (SSSR count). The van der Waals surface area contributed by atoms with E-state index in [0.29, 0.717) is 12.8 Å². The highest BCUT2D eigenvalue weighted by Gasteiger charge is 2.51. The molecular weight excluding hydrogens is 366 g/mol. The summed E-state index contributed by atoms with van der Waals surface area (Å²) in [7, 11) is 1.66. The van der Waals surface area contributed by atoms with Crippen LogP contribution in [0, 0.1) is 13.8 Å². The number of hydrogen-bond acceptors (Lipinski definition) is 4. The number of benzene rings is 2. The van der Waals surface area contributed by atoms with E-state index in [4.69, 9.17) is 9.47 Å². The lowest BCUT2D eigenvalue weighted by atomic mass is 9.77. The van der Waals surface area contributed by atoms with Gasteiger partial charge in [-0.1, -0.05) is 30.3 Å². The highest BCUT2D eigenvalue weighted by Crippen LogP contribution is 2.48. The average molecular weight is 395 g/mol. The first-order valence-corrected chi connectivity index (χ1v) is 10.3. The third-order valence-electron chi connectivity index (χ3n) is 6.39. The van der Waals surface area contributed by atoms with E-state index in [0.717, 1.165) is 40.8 Å². The number of carbonyl (C=O) groups excluding carboxylic acids is 1. The molecule has 1 N–H and O–H groups in total. The Labute approximate surface area is 172 Å². The van der Waals surface area contributed by atoms with Gasteiger partial charge in [0.1, 0.15) is 12.4 Å². The Morgan fingerprint density at radius 1 is 1.10 bits per heavy atom. The zero-order valence-electron chi connectivity index (χ0n) is 17.4. The molecule has 0 aliphatic carbocycles. The van der Waals surface area contributed by atoms with Crippen molar-refractivity contribution in [2.24, 2.45) is 0 Å². The van der Waals surface area contributed by atoms with Crippen LogP contribution in [0.2, 0.25) is 0 Å². The van der Waals surface area contributed by atoms with Crippen LogP contribution in [0.25, 0.3) is 0 Å². The number of rotatable bonds is 4. The number of aryl methyl sites for hydroxylation is 2. The summed E-state index contributed by atoms with van der Waals surface area (Å²) in [6.07, 6.45) is 2.62. The van der Waals surface area contributed by atoms with E-state index in [-0.39, 0.29) is 24.8 Å². The maximum Gasteiger partial charge on any atom is 0.410 e. The molecule has 2 heterocycles. The van der Waals surface area contributed by atoms with E-state index in [1.807, 2.05) is 61.2 Å². The van der Waals surface area contributed by atoms with E-state index < -0.39 is 5.60 Å². The maximum atomic E-state index is 12.8. The summed E-state index contributed by atoms with van der Waals surface area (Å²) in [5.41, 5.74) is 3.09. The van der Waals surface area contributed by atoms with Gasteiger partial charge in [-0.05, 0) is 61.1 Å². The highest BCUT2D eigenvalue weighted by atomic mass is 16.6. The van der Waals surface area contributed by atoms with Gasteiger partial charge in [0.15, 0.2) is 0 Å². The van der Waals surface area contributed by atoms with Gasteiger partial charge in [0.25, 0.3) is 0 Å². The number of methoxy groups -OCH3 is 1. The number of hydrogen-bond donors (Lipinski definition) is 1. The summed E-state index contributed by atoms with van der Waals surface area (Å²) in [5.74, 6) is 0.803. The second kappa shape index (κ2) is 7.71. The van der Waals surface area contributed by atoms with Crippen LogP contribution in [-0.2, 0) is 16.9 Å². The van der Waals surface area contributed by atoms with Gasteiger partial charge < -0.3 is 19.5 Å². The largest absolute Gasteiger partial charge is 0.497 e. The van der Waals surface area contributed by atoms with E-state index in [9.17, 15) is 9.90 Å². The monoisotopic (exact) mass is 395 g/mol. The third kappa shape index (κ3) is 3.71. The van der Waals surface area contributed by atoms with Crippen molar-refractivity contribution in [1.29, 1.82) is 0 Å². The number of piperidine rings is 1. The van der Waals surface area contributed by atoms with Crippen molar-refractivity contribution in [2.75, 3.05) is 7.11 Å². The summed E-state index contributed by atoms with van der Waals surface area (Å²) in [6.45, 7) is 4.31. The first kappa shape index (κ1) is 19.8. The molecule has 2 aliphatic heterocycles. The van der Waals surface area contributed by atoms with Gasteiger partial charge in [-0.15, -0.1) is 0 Å². The van der Waals surface area contributed by atoms with E-state index in [2.05, 4.69) is 0 Å². The molecule has 5 heteroatoms. The molecule has 0 spiro atoms. The standard InChI is InChI=1S/C24H29NO4/c1-16-11-21(28-3)12-17(2)22(16)24(27)13-19-9-10-20(14-24)25(19)23(26)29-15-18-7-5-4-6-8-18/h4-8,11-12,19-20,27H,9-10,13-15H2,1-3H3. The maximum absolute atomic E-state index is 12.8. The molecule has 0 aromatic heterocycles. The average Bonchev–Trinajstić information content (AvgIpc) is 2.98. The SMILES string of the molecule is COc1cc(C)c(C2(O)CC3CCC(C2)N3C(=O)OCc2ccccc2)c(C)c1. The lowest BCUT2D eigenvalue weighted by molar-refractivity contribution is -0.0544. The molecule has 29 heavy (non-hydrogen) atoms. The van der Waals surface area contributed by atoms with Crippen LogP contribution in [0.15, 0.2) is 42.5 Å². The van der Waals surface area contributed by atoms with Crippen molar-refractivity contribution in [1.82, 2.24) is 4.90 Å². The Morgan fingerprint density at radius 2 is 1.69 bits per heavy atom. The van der Waals surface area contributed by atoms with Crippen molar-refractivity contribution in [3.63, 3.8) is 0 Å². The zero-order chi connectivity index (χ0) is 20.6. The van der Waals surface area contributed by atoms with Gasteiger partial charge in [-0.2, -0.15) is 0 Å². The Kier molecular flexibility index (Phi) is 5.26. The number of amides is 1. The zero-order valence-corrected chi connectivity index (χ0v) is 17.4. The molecule has 0 radical (unpaired) electrons. The number of ether oxygens (including phenoxy) is 2. The molecule has 2 aromatic carbocycles. The van der Waals surface area contributed by atoms with Crippen LogP contribution in [0.3, 0.4) is 0 Å². The summed E-state index contributed by atoms with van der Waals surface area (Å²) in [4.78, 5) is 14.7. The second-order valence-electron chi connectivity index (χ2n) is 8.41. The number of fused-ring (bicyclic) bond motifs is 2. The first-order valence-electron chi connectivity index (χ1n) is 10.3. The van der Waals surface area contributed by atoms with E-state index >= 15 is 0 Å². The van der Waals surface area contributed by atoms with Gasteiger partial charge in [-0.3, -0.25) is 0 Å². The topological polar surface area (TPSA) is 59.0 Å². The van der Waals surface area contributed by atoms with E-state index in [1.165, 1.54) is 0 Å². The predicted octanol–water partition coefficient (Wildman–Crippen LogP) is 4.46. The van der Waals surface area contributed by atoms with Crippen molar-refractivity contribution in [3.05, 3.63) is 64.7 Å². The van der Waals surface area contributed by atoms with Crippen LogP contribution >= 0.6 is 0 Å². The van der Waals surface area contributed by atoms with Crippen LogP contribution in [0.5, 0.6) is 5.75 Å². The lowest BCUT2D eigenvalue weighted by Gasteiger charge is -2.44. The molecule has 0 saturated carbocycles. The molecule has 2 aromatic rings. The molecule has 2 aliphatic rings. The summed E-state index contributed by atoms with van der Waals surface area (Å²) in [5, 5.41) is 11.6. The van der Waals surface area contributed by atoms with Gasteiger partial charge in [0, 0.05) is 24.9 Å². The van der Waals surface area contributed by atoms with E-state index in [1.54, 1.807) is 7.11 Å². The molecule has 2 saturated heterocycles. The fourth-order valence-corrected chi connectivity index (χ4v) is 5.30. The summed E-state index contributed by atoms with van der Waals surface area (Å²) in [6, 6.07) is 13.7. The quantitative estimate of drug-likeness (QED) is 0.830.